The van der Waals surface area contributed by atoms with Gasteiger partial charge in [-0.2, -0.15) is 0 Å². The Bertz CT molecular complexity index is 516. The Kier molecular flexibility index (Phi) is 4.20. The number of hydrogen-bond acceptors (Lipinski definition) is 4. The molecule has 0 spiro atoms. The normalized spacial score (nSPS) is 14.6. The van der Waals surface area contributed by atoms with Gasteiger partial charge < -0.3 is 0 Å². The van der Waals surface area contributed by atoms with Gasteiger partial charge in [-0.25, -0.2) is 8.42 Å². The predicted octanol–water partition coefficient (Wildman–Crippen LogP) is 1.63. The zero-order valence-corrected chi connectivity index (χ0v) is 12.4. The SMILES string of the molecule is Cc1cc(C)cc(C(NN)C(C)(C)S(C)(=O)=O)c1. The third kappa shape index (κ3) is 2.91. The monoisotopic (exact) mass is 270 g/mol. The van der Waals surface area contributed by atoms with E-state index in [1.807, 2.05) is 32.0 Å². The van der Waals surface area contributed by atoms with Crippen LogP contribution in [0.5, 0.6) is 0 Å². The van der Waals surface area contributed by atoms with Crippen LogP contribution in [0.4, 0.5) is 0 Å². The van der Waals surface area contributed by atoms with Crippen molar-refractivity contribution >= 4 is 9.84 Å². The van der Waals surface area contributed by atoms with Crippen molar-refractivity contribution in [1.82, 2.24) is 5.43 Å². The molecular weight excluding hydrogens is 248 g/mol. The maximum atomic E-state index is 11.9. The van der Waals surface area contributed by atoms with Gasteiger partial charge in [0.1, 0.15) is 0 Å². The lowest BCUT2D eigenvalue weighted by molar-refractivity contribution is 0.427. The van der Waals surface area contributed by atoms with Gasteiger partial charge in [-0.1, -0.05) is 29.3 Å². The molecule has 1 rings (SSSR count). The topological polar surface area (TPSA) is 72.2 Å². The highest BCUT2D eigenvalue weighted by atomic mass is 32.2. The Morgan fingerprint density at radius 2 is 1.61 bits per heavy atom. The Morgan fingerprint density at radius 3 is 1.94 bits per heavy atom. The second kappa shape index (κ2) is 4.99. The van der Waals surface area contributed by atoms with Crippen LogP contribution in [-0.2, 0) is 9.84 Å². The minimum absolute atomic E-state index is 0.439. The van der Waals surface area contributed by atoms with E-state index in [0.29, 0.717) is 0 Å². The molecule has 1 aromatic rings. The van der Waals surface area contributed by atoms with E-state index >= 15 is 0 Å². The van der Waals surface area contributed by atoms with Gasteiger partial charge in [0.15, 0.2) is 9.84 Å². The molecule has 0 radical (unpaired) electrons. The van der Waals surface area contributed by atoms with Crippen molar-refractivity contribution in [3.63, 3.8) is 0 Å². The molecule has 0 saturated heterocycles. The quantitative estimate of drug-likeness (QED) is 0.644. The lowest BCUT2D eigenvalue weighted by Crippen LogP contribution is -2.47. The van der Waals surface area contributed by atoms with Crippen LogP contribution in [0.15, 0.2) is 18.2 Å². The van der Waals surface area contributed by atoms with Gasteiger partial charge in [0, 0.05) is 6.26 Å². The Hall–Kier alpha value is -0.910. The Labute approximate surface area is 109 Å². The van der Waals surface area contributed by atoms with Crippen LogP contribution in [-0.4, -0.2) is 19.4 Å². The van der Waals surface area contributed by atoms with Crippen LogP contribution in [0.25, 0.3) is 0 Å². The first-order chi connectivity index (χ1) is 8.09. The smallest absolute Gasteiger partial charge is 0.154 e. The molecule has 0 bridgehead atoms. The maximum Gasteiger partial charge on any atom is 0.154 e. The van der Waals surface area contributed by atoms with Crippen molar-refractivity contribution in [3.8, 4) is 0 Å². The highest BCUT2D eigenvalue weighted by Crippen LogP contribution is 2.32. The number of hydrazine groups is 1. The second-order valence-corrected chi connectivity index (χ2v) is 7.99. The standard InChI is InChI=1S/C13H22N2O2S/c1-9-6-10(2)8-11(7-9)12(15-14)13(3,4)18(5,16)17/h6-8,12,15H,14H2,1-5H3. The summed E-state index contributed by atoms with van der Waals surface area (Å²) in [4.78, 5) is 0. The van der Waals surface area contributed by atoms with E-state index in [1.165, 1.54) is 6.26 Å². The summed E-state index contributed by atoms with van der Waals surface area (Å²) >= 11 is 0. The molecular formula is C13H22N2O2S. The first-order valence-corrected chi connectivity index (χ1v) is 7.72. The zero-order chi connectivity index (χ0) is 14.1. The maximum absolute atomic E-state index is 11.9. The van der Waals surface area contributed by atoms with Crippen LogP contribution in [0.1, 0.15) is 36.6 Å². The molecule has 1 aromatic carbocycles. The van der Waals surface area contributed by atoms with Crippen molar-refractivity contribution in [2.75, 3.05) is 6.26 Å². The molecule has 3 N–H and O–H groups in total. The number of nitrogens with one attached hydrogen (secondary N) is 1. The fraction of sp³-hybridized carbons (Fsp3) is 0.538. The van der Waals surface area contributed by atoms with Gasteiger partial charge in [-0.3, -0.25) is 11.3 Å². The molecule has 0 saturated carbocycles. The van der Waals surface area contributed by atoms with Crippen LogP contribution in [0, 0.1) is 13.8 Å². The van der Waals surface area contributed by atoms with Crippen molar-refractivity contribution in [3.05, 3.63) is 34.9 Å². The van der Waals surface area contributed by atoms with E-state index in [-0.39, 0.29) is 0 Å². The molecule has 0 aliphatic heterocycles. The van der Waals surface area contributed by atoms with Gasteiger partial charge in [-0.05, 0) is 33.3 Å². The Morgan fingerprint density at radius 1 is 1.17 bits per heavy atom. The first kappa shape index (κ1) is 15.1. The van der Waals surface area contributed by atoms with Crippen molar-refractivity contribution in [2.24, 2.45) is 5.84 Å². The van der Waals surface area contributed by atoms with Crippen LogP contribution >= 0.6 is 0 Å². The Balaban J connectivity index is 3.34. The molecule has 18 heavy (non-hydrogen) atoms. The number of rotatable bonds is 4. The molecule has 0 amide bonds. The largest absolute Gasteiger partial charge is 0.271 e. The van der Waals surface area contributed by atoms with E-state index < -0.39 is 20.6 Å². The van der Waals surface area contributed by atoms with E-state index in [9.17, 15) is 8.42 Å². The summed E-state index contributed by atoms with van der Waals surface area (Å²) in [5.41, 5.74) is 5.72. The summed E-state index contributed by atoms with van der Waals surface area (Å²) in [6.45, 7) is 7.34. The van der Waals surface area contributed by atoms with E-state index in [2.05, 4.69) is 5.43 Å². The van der Waals surface area contributed by atoms with Crippen molar-refractivity contribution in [2.45, 2.75) is 38.5 Å². The van der Waals surface area contributed by atoms with E-state index in [0.717, 1.165) is 16.7 Å². The van der Waals surface area contributed by atoms with Crippen LogP contribution in [0.3, 0.4) is 0 Å². The average Bonchev–Trinajstić information content (AvgIpc) is 2.14. The van der Waals surface area contributed by atoms with E-state index in [4.69, 9.17) is 5.84 Å². The second-order valence-electron chi connectivity index (χ2n) is 5.40. The third-order valence-electron chi connectivity index (χ3n) is 3.39. The molecule has 4 nitrogen and oxygen atoms in total. The lowest BCUT2D eigenvalue weighted by atomic mass is 9.93. The fourth-order valence-electron chi connectivity index (χ4n) is 2.09. The first-order valence-electron chi connectivity index (χ1n) is 5.83. The van der Waals surface area contributed by atoms with Crippen LogP contribution in [0.2, 0.25) is 0 Å². The minimum Gasteiger partial charge on any atom is -0.271 e. The van der Waals surface area contributed by atoms with E-state index in [1.54, 1.807) is 13.8 Å². The van der Waals surface area contributed by atoms with Gasteiger partial charge in [0.2, 0.25) is 0 Å². The fourth-order valence-corrected chi connectivity index (χ4v) is 2.72. The van der Waals surface area contributed by atoms with Gasteiger partial charge >= 0.3 is 0 Å². The molecule has 0 aliphatic carbocycles. The zero-order valence-electron chi connectivity index (χ0n) is 11.6. The summed E-state index contributed by atoms with van der Waals surface area (Å²) < 4.78 is 22.8. The highest BCUT2D eigenvalue weighted by Gasteiger charge is 2.39. The summed E-state index contributed by atoms with van der Waals surface area (Å²) in [7, 11) is -3.23. The lowest BCUT2D eigenvalue weighted by Gasteiger charge is -2.32. The molecule has 0 heterocycles. The van der Waals surface area contributed by atoms with Gasteiger partial charge in [-0.15, -0.1) is 0 Å². The number of benzene rings is 1. The summed E-state index contributed by atoms with van der Waals surface area (Å²) in [6.07, 6.45) is 1.24. The number of aryl methyl sites for hydroxylation is 2. The average molecular weight is 270 g/mol. The number of nitrogens with two attached hydrogens (primary N) is 1. The molecule has 0 aliphatic rings. The third-order valence-corrected chi connectivity index (χ3v) is 5.54. The van der Waals surface area contributed by atoms with Gasteiger partial charge in [0.05, 0.1) is 10.8 Å². The summed E-state index contributed by atoms with van der Waals surface area (Å²) in [6, 6.07) is 5.53. The minimum atomic E-state index is -3.23. The molecule has 0 fully saturated rings. The molecule has 1 unspecified atom stereocenters. The van der Waals surface area contributed by atoms with Crippen molar-refractivity contribution < 1.29 is 8.42 Å². The molecule has 102 valence electrons. The molecule has 5 heteroatoms. The van der Waals surface area contributed by atoms with Gasteiger partial charge in [0.25, 0.3) is 0 Å². The highest BCUT2D eigenvalue weighted by molar-refractivity contribution is 7.92. The number of sulfone groups is 1. The number of hydrogen-bond donors (Lipinski definition) is 2. The van der Waals surface area contributed by atoms with Crippen molar-refractivity contribution in [1.29, 1.82) is 0 Å². The molecule has 1 atom stereocenters. The summed E-state index contributed by atoms with van der Waals surface area (Å²) in [5.74, 6) is 5.57. The molecule has 0 aromatic heterocycles. The predicted molar refractivity (Wildman–Crippen MR) is 74.9 cm³/mol. The van der Waals surface area contributed by atoms with Crippen LogP contribution < -0.4 is 11.3 Å². The summed E-state index contributed by atoms with van der Waals surface area (Å²) in [5, 5.41) is 0.